The maximum Gasteiger partial charge on any atom is 0.335 e. The van der Waals surface area contributed by atoms with Crippen molar-refractivity contribution >= 4 is 28.5 Å². The van der Waals surface area contributed by atoms with E-state index in [4.69, 9.17) is 5.11 Å². The van der Waals surface area contributed by atoms with Crippen molar-refractivity contribution < 1.29 is 14.7 Å². The number of carbonyl (C=O) groups excluding carboxylic acids is 1. The average molecular weight is 508 g/mol. The largest absolute Gasteiger partial charge is 0.478 e. The van der Waals surface area contributed by atoms with Crippen molar-refractivity contribution in [3.8, 4) is 0 Å². The molecule has 1 aliphatic heterocycles. The van der Waals surface area contributed by atoms with E-state index in [1.165, 1.54) is 33.5 Å². The van der Waals surface area contributed by atoms with Crippen LogP contribution < -0.4 is 10.6 Å². The molecule has 38 heavy (non-hydrogen) atoms. The number of benzene rings is 4. The van der Waals surface area contributed by atoms with E-state index >= 15 is 0 Å². The van der Waals surface area contributed by atoms with Crippen LogP contribution in [0.2, 0.25) is 0 Å². The van der Waals surface area contributed by atoms with Crippen LogP contribution in [-0.2, 0) is 6.54 Å². The number of nitrogens with one attached hydrogen (secondary N) is 2. The lowest BCUT2D eigenvalue weighted by molar-refractivity contribution is 0.0696. The van der Waals surface area contributed by atoms with E-state index in [2.05, 4.69) is 84.3 Å². The van der Waals surface area contributed by atoms with Gasteiger partial charge in [-0.25, -0.2) is 9.59 Å². The number of anilines is 1. The van der Waals surface area contributed by atoms with E-state index in [9.17, 15) is 9.59 Å². The Bertz CT molecular complexity index is 1480. The minimum Gasteiger partial charge on any atom is -0.478 e. The first-order chi connectivity index (χ1) is 18.4. The van der Waals surface area contributed by atoms with Crippen molar-refractivity contribution in [1.82, 2.24) is 10.2 Å². The van der Waals surface area contributed by atoms with Crippen LogP contribution in [0.4, 0.5) is 10.5 Å². The van der Waals surface area contributed by atoms with Crippen LogP contribution in [0.15, 0.2) is 84.9 Å². The summed E-state index contributed by atoms with van der Waals surface area (Å²) in [7, 11) is 0. The molecule has 0 aliphatic carbocycles. The zero-order valence-corrected chi connectivity index (χ0v) is 21.8. The average Bonchev–Trinajstić information content (AvgIpc) is 3.43. The highest BCUT2D eigenvalue weighted by atomic mass is 16.4. The van der Waals surface area contributed by atoms with Crippen LogP contribution in [0, 0.1) is 6.92 Å². The van der Waals surface area contributed by atoms with Crippen LogP contribution in [-0.4, -0.2) is 35.1 Å². The minimum absolute atomic E-state index is 0.152. The summed E-state index contributed by atoms with van der Waals surface area (Å²) in [5.41, 5.74) is 5.35. The second-order valence-corrected chi connectivity index (χ2v) is 10.1. The lowest BCUT2D eigenvalue weighted by Crippen LogP contribution is -2.33. The van der Waals surface area contributed by atoms with E-state index in [-0.39, 0.29) is 23.6 Å². The molecular formula is C32H33N3O3. The van der Waals surface area contributed by atoms with Gasteiger partial charge in [0.05, 0.1) is 5.56 Å². The van der Waals surface area contributed by atoms with Crippen molar-refractivity contribution in [3.63, 3.8) is 0 Å². The standard InChI is InChI=1S/C32H33N3O3/c1-21-17-26(31(36)37)13-14-30(21)34-32(38)35-16-15-27(20-35)25-10-5-7-23(18-25)19-33-22(2)28-12-6-9-24-8-3-4-11-29(24)28/h3-14,17-18,22,27,33H,15-16,19-20H2,1-2H3,(H,34,38)(H,36,37)/t22-,27-/m1/s1. The SMILES string of the molecule is Cc1cc(C(=O)O)ccc1NC(=O)N1CC[C@@H](c2cccc(CN[C@H](C)c3cccc4ccccc34)c2)C1. The molecule has 4 aromatic carbocycles. The normalized spacial score (nSPS) is 15.9. The lowest BCUT2D eigenvalue weighted by atomic mass is 9.96. The van der Waals surface area contributed by atoms with Crippen molar-refractivity contribution in [2.45, 2.75) is 38.8 Å². The van der Waals surface area contributed by atoms with Gasteiger partial charge in [0.25, 0.3) is 0 Å². The number of aryl methyl sites for hydroxylation is 1. The maximum absolute atomic E-state index is 12.9. The highest BCUT2D eigenvalue weighted by Crippen LogP contribution is 2.29. The Balaban J connectivity index is 1.20. The monoisotopic (exact) mass is 507 g/mol. The van der Waals surface area contributed by atoms with Gasteiger partial charge in [0.15, 0.2) is 0 Å². The quantitative estimate of drug-likeness (QED) is 0.259. The Morgan fingerprint density at radius 2 is 1.79 bits per heavy atom. The van der Waals surface area contributed by atoms with E-state index in [0.29, 0.717) is 18.8 Å². The number of rotatable bonds is 7. The number of urea groups is 1. The van der Waals surface area contributed by atoms with Gasteiger partial charge in [0, 0.05) is 37.3 Å². The number of aromatic carboxylic acids is 1. The van der Waals surface area contributed by atoms with E-state index < -0.39 is 5.97 Å². The van der Waals surface area contributed by atoms with Gasteiger partial charge in [-0.2, -0.15) is 0 Å². The van der Waals surface area contributed by atoms with Gasteiger partial charge in [-0.3, -0.25) is 0 Å². The number of amides is 2. The maximum atomic E-state index is 12.9. The molecule has 1 heterocycles. The Morgan fingerprint density at radius 3 is 2.61 bits per heavy atom. The van der Waals surface area contributed by atoms with Gasteiger partial charge in [-0.05, 0) is 71.5 Å². The molecule has 0 unspecified atom stereocenters. The van der Waals surface area contributed by atoms with Gasteiger partial charge >= 0.3 is 12.0 Å². The molecule has 2 amide bonds. The van der Waals surface area contributed by atoms with Crippen LogP contribution >= 0.6 is 0 Å². The van der Waals surface area contributed by atoms with E-state index in [1.807, 2.05) is 4.90 Å². The third-order valence-electron chi connectivity index (χ3n) is 7.52. The molecule has 1 saturated heterocycles. The zero-order valence-electron chi connectivity index (χ0n) is 21.8. The first-order valence-corrected chi connectivity index (χ1v) is 13.1. The summed E-state index contributed by atoms with van der Waals surface area (Å²) in [6.45, 7) is 6.11. The molecule has 0 spiro atoms. The molecule has 6 heteroatoms. The van der Waals surface area contributed by atoms with Gasteiger partial charge < -0.3 is 20.6 Å². The lowest BCUT2D eigenvalue weighted by Gasteiger charge is -2.19. The first kappa shape index (κ1) is 25.5. The number of carboxylic acid groups (broad SMARTS) is 1. The molecule has 0 radical (unpaired) electrons. The van der Waals surface area contributed by atoms with Crippen molar-refractivity contribution in [2.24, 2.45) is 0 Å². The van der Waals surface area contributed by atoms with Crippen LogP contribution in [0.1, 0.15) is 57.9 Å². The Labute approximate surface area is 223 Å². The predicted octanol–water partition coefficient (Wildman–Crippen LogP) is 6.72. The summed E-state index contributed by atoms with van der Waals surface area (Å²) in [4.78, 5) is 25.9. The van der Waals surface area contributed by atoms with Gasteiger partial charge in [-0.1, -0.05) is 66.7 Å². The number of carboxylic acids is 1. The molecule has 0 bridgehead atoms. The number of carbonyl (C=O) groups is 2. The third kappa shape index (κ3) is 5.55. The molecule has 3 N–H and O–H groups in total. The second-order valence-electron chi connectivity index (χ2n) is 10.1. The van der Waals surface area contributed by atoms with Crippen LogP contribution in [0.3, 0.4) is 0 Å². The number of nitrogens with zero attached hydrogens (tertiary/aromatic N) is 1. The third-order valence-corrected chi connectivity index (χ3v) is 7.52. The Kier molecular flexibility index (Phi) is 7.43. The summed E-state index contributed by atoms with van der Waals surface area (Å²) in [6.07, 6.45) is 0.910. The Hall–Kier alpha value is -4.16. The number of likely N-dealkylation sites (tertiary alicyclic amines) is 1. The predicted molar refractivity (Wildman–Crippen MR) is 152 cm³/mol. The molecule has 2 atom stereocenters. The fraction of sp³-hybridized carbons (Fsp3) is 0.250. The highest BCUT2D eigenvalue weighted by Gasteiger charge is 2.28. The fourth-order valence-electron chi connectivity index (χ4n) is 5.31. The molecule has 1 aliphatic rings. The molecule has 0 saturated carbocycles. The number of hydrogen-bond acceptors (Lipinski definition) is 3. The highest BCUT2D eigenvalue weighted by molar-refractivity contribution is 5.93. The van der Waals surface area contributed by atoms with Gasteiger partial charge in [0.2, 0.25) is 0 Å². The zero-order chi connectivity index (χ0) is 26.6. The van der Waals surface area contributed by atoms with Crippen LogP contribution in [0.25, 0.3) is 10.8 Å². The molecule has 194 valence electrons. The molecule has 6 nitrogen and oxygen atoms in total. The molecule has 1 fully saturated rings. The first-order valence-electron chi connectivity index (χ1n) is 13.1. The fourth-order valence-corrected chi connectivity index (χ4v) is 5.31. The van der Waals surface area contributed by atoms with Crippen molar-refractivity contribution in [3.05, 3.63) is 113 Å². The van der Waals surface area contributed by atoms with E-state index in [1.54, 1.807) is 19.1 Å². The number of fused-ring (bicyclic) bond motifs is 1. The summed E-state index contributed by atoms with van der Waals surface area (Å²) >= 11 is 0. The van der Waals surface area contributed by atoms with Crippen molar-refractivity contribution in [1.29, 1.82) is 0 Å². The van der Waals surface area contributed by atoms with Gasteiger partial charge in [0.1, 0.15) is 0 Å². The summed E-state index contributed by atoms with van der Waals surface area (Å²) in [5.74, 6) is -0.694. The number of hydrogen-bond donors (Lipinski definition) is 3. The molecule has 5 rings (SSSR count). The van der Waals surface area contributed by atoms with Crippen molar-refractivity contribution in [2.75, 3.05) is 18.4 Å². The summed E-state index contributed by atoms with van der Waals surface area (Å²) < 4.78 is 0. The minimum atomic E-state index is -0.978. The summed E-state index contributed by atoms with van der Waals surface area (Å²) in [6, 6.07) is 28.4. The topological polar surface area (TPSA) is 81.7 Å². The Morgan fingerprint density at radius 1 is 1.00 bits per heavy atom. The van der Waals surface area contributed by atoms with Crippen LogP contribution in [0.5, 0.6) is 0 Å². The van der Waals surface area contributed by atoms with Gasteiger partial charge in [-0.15, -0.1) is 0 Å². The molecular weight excluding hydrogens is 474 g/mol. The smallest absolute Gasteiger partial charge is 0.335 e. The second kappa shape index (κ2) is 11.1. The summed E-state index contributed by atoms with van der Waals surface area (Å²) in [5, 5.41) is 18.3. The van der Waals surface area contributed by atoms with E-state index in [0.717, 1.165) is 18.5 Å². The molecule has 4 aromatic rings. The molecule has 0 aromatic heterocycles.